The van der Waals surface area contributed by atoms with Crippen LogP contribution in [0.1, 0.15) is 0 Å². The number of imidazole rings is 1. The molecule has 0 fully saturated rings. The van der Waals surface area contributed by atoms with Gasteiger partial charge in [0.05, 0.1) is 6.54 Å². The number of hydrogen-bond donors (Lipinski definition) is 0. The Hall–Kier alpha value is -1.53. The first-order valence-electron chi connectivity index (χ1n) is 4.99. The lowest BCUT2D eigenvalue weighted by Gasteiger charge is -2.05. The Bertz CT molecular complexity index is 769. The van der Waals surface area contributed by atoms with Gasteiger partial charge in [0.15, 0.2) is 11.2 Å². The van der Waals surface area contributed by atoms with Crippen LogP contribution in [0.4, 0.5) is 0 Å². The zero-order valence-electron chi connectivity index (χ0n) is 9.78. The molecule has 0 atom stereocenters. The smallest absolute Gasteiger partial charge is 0.303 e. The van der Waals surface area contributed by atoms with Crippen molar-refractivity contribution in [3.05, 3.63) is 37.7 Å². The molecule has 0 unspecified atom stereocenters. The molecule has 0 aliphatic heterocycles. The molecule has 0 N–H and O–H groups in total. The van der Waals surface area contributed by atoms with Crippen LogP contribution in [-0.2, 0) is 20.6 Å². The van der Waals surface area contributed by atoms with Crippen molar-refractivity contribution in [1.82, 2.24) is 18.7 Å². The summed E-state index contributed by atoms with van der Waals surface area (Å²) in [4.78, 5) is 27.8. The molecule has 6 nitrogen and oxygen atoms in total. The number of nitrogens with zero attached hydrogens (tertiary/aromatic N) is 4. The zero-order chi connectivity index (χ0) is 13.6. The van der Waals surface area contributed by atoms with Gasteiger partial charge in [-0.15, -0.1) is 0 Å². The Balaban J connectivity index is 2.99. The average molecular weight is 289 g/mol. The Morgan fingerprint density at radius 3 is 2.50 bits per heavy atom. The molecule has 96 valence electrons. The van der Waals surface area contributed by atoms with Crippen LogP contribution in [0, 0.1) is 0 Å². The minimum atomic E-state index is -0.467. The molecule has 2 rings (SSSR count). The maximum Gasteiger partial charge on any atom is 0.332 e. The maximum absolute atomic E-state index is 12.1. The normalized spacial score (nSPS) is 11.1. The highest BCUT2D eigenvalue weighted by Gasteiger charge is 2.17. The molecule has 2 heterocycles. The summed E-state index contributed by atoms with van der Waals surface area (Å²) in [5.41, 5.74) is -0.471. The zero-order valence-corrected chi connectivity index (χ0v) is 11.3. The van der Waals surface area contributed by atoms with E-state index < -0.39 is 11.2 Å². The van der Waals surface area contributed by atoms with Gasteiger partial charge < -0.3 is 4.57 Å². The van der Waals surface area contributed by atoms with Crippen molar-refractivity contribution in [2.45, 2.75) is 6.54 Å². The van der Waals surface area contributed by atoms with Gasteiger partial charge in [0.2, 0.25) is 5.28 Å². The van der Waals surface area contributed by atoms with Gasteiger partial charge in [-0.2, -0.15) is 4.98 Å². The molecular weight excluding hydrogens is 279 g/mol. The van der Waals surface area contributed by atoms with Crippen LogP contribution in [0.2, 0.25) is 5.28 Å². The van der Waals surface area contributed by atoms with E-state index >= 15 is 0 Å². The third-order valence-corrected chi connectivity index (χ3v) is 3.04. The second-order valence-electron chi connectivity index (χ2n) is 3.86. The summed E-state index contributed by atoms with van der Waals surface area (Å²) in [6.07, 6.45) is 0. The molecule has 0 spiro atoms. The third-order valence-electron chi connectivity index (χ3n) is 2.63. The van der Waals surface area contributed by atoms with E-state index in [-0.39, 0.29) is 23.0 Å². The summed E-state index contributed by atoms with van der Waals surface area (Å²) in [5, 5.41) is 0.400. The molecular formula is C10H10Cl2N4O2. The fraction of sp³-hybridized carbons (Fsp3) is 0.300. The van der Waals surface area contributed by atoms with E-state index in [0.29, 0.717) is 5.03 Å². The second kappa shape index (κ2) is 4.29. The first kappa shape index (κ1) is 12.9. The van der Waals surface area contributed by atoms with Gasteiger partial charge in [-0.3, -0.25) is 13.9 Å². The summed E-state index contributed by atoms with van der Waals surface area (Å²) in [6.45, 7) is 3.71. The van der Waals surface area contributed by atoms with Crippen molar-refractivity contribution in [2.75, 3.05) is 0 Å². The largest absolute Gasteiger partial charge is 0.332 e. The van der Waals surface area contributed by atoms with Gasteiger partial charge in [0, 0.05) is 19.1 Å². The summed E-state index contributed by atoms with van der Waals surface area (Å²) in [7, 11) is 2.91. The second-order valence-corrected chi connectivity index (χ2v) is 4.73. The lowest BCUT2D eigenvalue weighted by molar-refractivity contribution is 0.703. The van der Waals surface area contributed by atoms with Crippen LogP contribution < -0.4 is 11.2 Å². The number of allylic oxidation sites excluding steroid dienone is 1. The Morgan fingerprint density at radius 1 is 1.33 bits per heavy atom. The van der Waals surface area contributed by atoms with Gasteiger partial charge in [-0.25, -0.2) is 4.79 Å². The molecule has 18 heavy (non-hydrogen) atoms. The molecule has 0 aliphatic carbocycles. The van der Waals surface area contributed by atoms with E-state index in [1.165, 1.54) is 23.2 Å². The average Bonchev–Trinajstić information content (AvgIpc) is 2.61. The molecule has 0 aliphatic rings. The van der Waals surface area contributed by atoms with Crippen LogP contribution in [0.15, 0.2) is 21.2 Å². The lowest BCUT2D eigenvalue weighted by Crippen LogP contribution is -2.37. The van der Waals surface area contributed by atoms with E-state index in [0.717, 1.165) is 4.57 Å². The van der Waals surface area contributed by atoms with Crippen molar-refractivity contribution in [1.29, 1.82) is 0 Å². The molecule has 0 amide bonds. The van der Waals surface area contributed by atoms with Gasteiger partial charge in [0.25, 0.3) is 5.56 Å². The highest BCUT2D eigenvalue weighted by Crippen LogP contribution is 2.17. The summed E-state index contributed by atoms with van der Waals surface area (Å²) < 4.78 is 3.68. The summed E-state index contributed by atoms with van der Waals surface area (Å²) in [5.74, 6) is 0. The van der Waals surface area contributed by atoms with Gasteiger partial charge >= 0.3 is 5.69 Å². The number of halogens is 2. The number of hydrogen-bond acceptors (Lipinski definition) is 3. The predicted molar refractivity (Wildman–Crippen MR) is 70.2 cm³/mol. The Kier molecular flexibility index (Phi) is 3.08. The Morgan fingerprint density at radius 2 is 1.94 bits per heavy atom. The van der Waals surface area contributed by atoms with Crippen molar-refractivity contribution in [3.8, 4) is 0 Å². The molecule has 0 aromatic carbocycles. The molecule has 8 heteroatoms. The number of fused-ring (bicyclic) bond motifs is 1. The molecule has 0 saturated heterocycles. The van der Waals surface area contributed by atoms with E-state index in [9.17, 15) is 9.59 Å². The van der Waals surface area contributed by atoms with Gasteiger partial charge in [0.1, 0.15) is 0 Å². The SMILES string of the molecule is C=C(Cl)Cn1c(Cl)nc2c1c(=O)n(C)c(=O)n2C. The first-order valence-corrected chi connectivity index (χ1v) is 5.75. The van der Waals surface area contributed by atoms with Gasteiger partial charge in [-0.05, 0) is 11.6 Å². The summed E-state index contributed by atoms with van der Waals surface area (Å²) in [6, 6.07) is 0. The standard InChI is InChI=1S/C10H10Cl2N4O2/c1-5(11)4-16-6-7(13-9(16)12)14(2)10(18)15(3)8(6)17/h1,4H2,2-3H3. The predicted octanol–water partition coefficient (Wildman–Crippen LogP) is 0.840. The topological polar surface area (TPSA) is 61.8 Å². The van der Waals surface area contributed by atoms with Crippen LogP contribution >= 0.6 is 23.2 Å². The minimum absolute atomic E-state index is 0.0881. The fourth-order valence-electron chi connectivity index (χ4n) is 1.74. The van der Waals surface area contributed by atoms with E-state index in [4.69, 9.17) is 23.2 Å². The maximum atomic E-state index is 12.1. The third kappa shape index (κ3) is 1.77. The lowest BCUT2D eigenvalue weighted by atomic mass is 10.5. The van der Waals surface area contributed by atoms with Gasteiger partial charge in [-0.1, -0.05) is 18.2 Å². The first-order chi connectivity index (χ1) is 8.34. The molecule has 0 saturated carbocycles. The molecule has 0 radical (unpaired) electrons. The van der Waals surface area contributed by atoms with E-state index in [1.54, 1.807) is 0 Å². The highest BCUT2D eigenvalue weighted by atomic mass is 35.5. The van der Waals surface area contributed by atoms with Crippen molar-refractivity contribution in [3.63, 3.8) is 0 Å². The number of aromatic nitrogens is 4. The summed E-state index contributed by atoms with van der Waals surface area (Å²) >= 11 is 11.7. The molecule has 0 bridgehead atoms. The van der Waals surface area contributed by atoms with Crippen LogP contribution in [0.3, 0.4) is 0 Å². The quantitative estimate of drug-likeness (QED) is 0.770. The molecule has 2 aromatic rings. The fourth-order valence-corrected chi connectivity index (χ4v) is 2.08. The van der Waals surface area contributed by atoms with Crippen LogP contribution in [-0.4, -0.2) is 18.7 Å². The highest BCUT2D eigenvalue weighted by molar-refractivity contribution is 6.30. The van der Waals surface area contributed by atoms with Crippen molar-refractivity contribution in [2.24, 2.45) is 14.1 Å². The number of aryl methyl sites for hydroxylation is 1. The van der Waals surface area contributed by atoms with E-state index in [1.807, 2.05) is 0 Å². The molecule has 2 aromatic heterocycles. The van der Waals surface area contributed by atoms with Crippen molar-refractivity contribution >= 4 is 34.4 Å². The Labute approximate surface area is 112 Å². The number of rotatable bonds is 2. The monoisotopic (exact) mass is 288 g/mol. The van der Waals surface area contributed by atoms with Crippen LogP contribution in [0.5, 0.6) is 0 Å². The van der Waals surface area contributed by atoms with Crippen molar-refractivity contribution < 1.29 is 0 Å². The minimum Gasteiger partial charge on any atom is -0.303 e. The van der Waals surface area contributed by atoms with Crippen LogP contribution in [0.25, 0.3) is 11.2 Å². The van der Waals surface area contributed by atoms with E-state index in [2.05, 4.69) is 11.6 Å².